The van der Waals surface area contributed by atoms with E-state index in [2.05, 4.69) is 5.32 Å². The molecule has 0 unspecified atom stereocenters. The minimum Gasteiger partial charge on any atom is -0.393 e. The van der Waals surface area contributed by atoms with Crippen molar-refractivity contribution < 1.29 is 9.90 Å². The Labute approximate surface area is 112 Å². The molecular weight excluding hydrogens is 242 g/mol. The second kappa shape index (κ2) is 6.32. The van der Waals surface area contributed by atoms with Crippen molar-refractivity contribution in [3.63, 3.8) is 0 Å². The van der Waals surface area contributed by atoms with Gasteiger partial charge in [-0.2, -0.15) is 5.26 Å². The Morgan fingerprint density at radius 2 is 2.11 bits per heavy atom. The van der Waals surface area contributed by atoms with Gasteiger partial charge in [0, 0.05) is 13.1 Å². The van der Waals surface area contributed by atoms with Crippen LogP contribution >= 0.6 is 0 Å². The van der Waals surface area contributed by atoms with Crippen molar-refractivity contribution >= 4 is 11.6 Å². The number of piperidine rings is 1. The van der Waals surface area contributed by atoms with Crippen molar-refractivity contribution in [1.29, 1.82) is 5.26 Å². The first-order valence-corrected chi connectivity index (χ1v) is 6.38. The van der Waals surface area contributed by atoms with Gasteiger partial charge in [-0.05, 0) is 25.0 Å². The molecule has 1 aromatic rings. The molecule has 0 bridgehead atoms. The van der Waals surface area contributed by atoms with Crippen LogP contribution in [0, 0.1) is 11.3 Å². The fraction of sp³-hybridized carbons (Fsp3) is 0.429. The number of hydrogen-bond acceptors (Lipinski definition) is 4. The van der Waals surface area contributed by atoms with Gasteiger partial charge in [-0.3, -0.25) is 9.69 Å². The first kappa shape index (κ1) is 13.5. The summed E-state index contributed by atoms with van der Waals surface area (Å²) >= 11 is 0. The van der Waals surface area contributed by atoms with Crippen molar-refractivity contribution in [2.45, 2.75) is 18.9 Å². The average Bonchev–Trinajstić information content (AvgIpc) is 2.42. The number of aliphatic hydroxyl groups excluding tert-OH is 1. The molecule has 1 amide bonds. The summed E-state index contributed by atoms with van der Waals surface area (Å²) in [4.78, 5) is 13.9. The van der Waals surface area contributed by atoms with Gasteiger partial charge in [0.25, 0.3) is 0 Å². The highest BCUT2D eigenvalue weighted by molar-refractivity contribution is 5.93. The number of carbonyl (C=O) groups is 1. The molecule has 0 aliphatic carbocycles. The molecule has 5 heteroatoms. The fourth-order valence-corrected chi connectivity index (χ4v) is 2.16. The van der Waals surface area contributed by atoms with Gasteiger partial charge < -0.3 is 10.4 Å². The van der Waals surface area contributed by atoms with Gasteiger partial charge in [-0.15, -0.1) is 0 Å². The number of nitrogens with one attached hydrogen (secondary N) is 1. The van der Waals surface area contributed by atoms with Crippen LogP contribution in [0.25, 0.3) is 0 Å². The average molecular weight is 259 g/mol. The van der Waals surface area contributed by atoms with E-state index >= 15 is 0 Å². The summed E-state index contributed by atoms with van der Waals surface area (Å²) in [6, 6.07) is 8.99. The first-order valence-electron chi connectivity index (χ1n) is 6.38. The summed E-state index contributed by atoms with van der Waals surface area (Å²) in [5, 5.41) is 21.1. The van der Waals surface area contributed by atoms with Gasteiger partial charge in [0.2, 0.25) is 5.91 Å². The fourth-order valence-electron chi connectivity index (χ4n) is 2.16. The third-order valence-electron chi connectivity index (χ3n) is 3.25. The third-order valence-corrected chi connectivity index (χ3v) is 3.25. The van der Waals surface area contributed by atoms with E-state index in [1.165, 1.54) is 0 Å². The van der Waals surface area contributed by atoms with Gasteiger partial charge in [0.1, 0.15) is 6.07 Å². The molecule has 0 radical (unpaired) electrons. The van der Waals surface area contributed by atoms with Crippen LogP contribution in [-0.2, 0) is 4.79 Å². The lowest BCUT2D eigenvalue weighted by Gasteiger charge is -2.28. The van der Waals surface area contributed by atoms with E-state index in [1.54, 1.807) is 24.3 Å². The van der Waals surface area contributed by atoms with Crippen LogP contribution in [-0.4, -0.2) is 41.7 Å². The molecule has 1 aliphatic heterocycles. The standard InChI is InChI=1S/C14H17N3O2/c15-9-11-3-1-2-4-13(11)16-14(19)10-17-7-5-12(18)6-8-17/h1-4,12,18H,5-8,10H2,(H,16,19). The SMILES string of the molecule is N#Cc1ccccc1NC(=O)CN1CCC(O)CC1. The van der Waals surface area contributed by atoms with E-state index < -0.39 is 0 Å². The van der Waals surface area contributed by atoms with Crippen LogP contribution in [0.1, 0.15) is 18.4 Å². The maximum Gasteiger partial charge on any atom is 0.238 e. The number of anilines is 1. The molecule has 2 rings (SSSR count). The van der Waals surface area contributed by atoms with Crippen molar-refractivity contribution in [1.82, 2.24) is 4.90 Å². The second-order valence-electron chi connectivity index (χ2n) is 4.71. The highest BCUT2D eigenvalue weighted by Crippen LogP contribution is 2.14. The van der Waals surface area contributed by atoms with E-state index in [1.807, 2.05) is 11.0 Å². The molecule has 0 spiro atoms. The molecule has 1 fully saturated rings. The van der Waals surface area contributed by atoms with E-state index in [4.69, 9.17) is 5.26 Å². The quantitative estimate of drug-likeness (QED) is 0.847. The van der Waals surface area contributed by atoms with Crippen molar-refractivity contribution in [2.24, 2.45) is 0 Å². The minimum absolute atomic E-state index is 0.126. The Morgan fingerprint density at radius 1 is 1.42 bits per heavy atom. The lowest BCUT2D eigenvalue weighted by molar-refractivity contribution is -0.117. The second-order valence-corrected chi connectivity index (χ2v) is 4.71. The zero-order chi connectivity index (χ0) is 13.7. The Hall–Kier alpha value is -1.90. The normalized spacial score (nSPS) is 16.8. The third kappa shape index (κ3) is 3.78. The van der Waals surface area contributed by atoms with Gasteiger partial charge in [-0.25, -0.2) is 0 Å². The predicted molar refractivity (Wildman–Crippen MR) is 71.5 cm³/mol. The van der Waals surface area contributed by atoms with E-state index in [9.17, 15) is 9.90 Å². The molecule has 5 nitrogen and oxygen atoms in total. The highest BCUT2D eigenvalue weighted by atomic mass is 16.3. The smallest absolute Gasteiger partial charge is 0.238 e. The summed E-state index contributed by atoms with van der Waals surface area (Å²) in [6.07, 6.45) is 1.18. The number of carbonyl (C=O) groups excluding carboxylic acids is 1. The molecule has 1 saturated heterocycles. The summed E-state index contributed by atoms with van der Waals surface area (Å²) in [5.41, 5.74) is 1.01. The van der Waals surface area contributed by atoms with Crippen LogP contribution in [0.4, 0.5) is 5.69 Å². The van der Waals surface area contributed by atoms with Gasteiger partial charge in [0.15, 0.2) is 0 Å². The molecule has 2 N–H and O–H groups in total. The Morgan fingerprint density at radius 3 is 2.79 bits per heavy atom. The highest BCUT2D eigenvalue weighted by Gasteiger charge is 2.19. The lowest BCUT2D eigenvalue weighted by atomic mass is 10.1. The molecular formula is C14H17N3O2. The van der Waals surface area contributed by atoms with Crippen molar-refractivity contribution in [2.75, 3.05) is 25.0 Å². The van der Waals surface area contributed by atoms with Crippen LogP contribution < -0.4 is 5.32 Å². The lowest BCUT2D eigenvalue weighted by Crippen LogP contribution is -2.40. The maximum absolute atomic E-state index is 11.9. The molecule has 0 saturated carbocycles. The predicted octanol–water partition coefficient (Wildman–Crippen LogP) is 0.953. The van der Waals surface area contributed by atoms with Crippen molar-refractivity contribution in [3.8, 4) is 6.07 Å². The molecule has 100 valence electrons. The Kier molecular flexibility index (Phi) is 4.50. The number of hydrogen-bond donors (Lipinski definition) is 2. The van der Waals surface area contributed by atoms with E-state index in [0.29, 0.717) is 30.6 Å². The number of nitriles is 1. The number of rotatable bonds is 3. The number of benzene rings is 1. The first-order chi connectivity index (χ1) is 9.19. The van der Waals surface area contributed by atoms with Gasteiger partial charge >= 0.3 is 0 Å². The van der Waals surface area contributed by atoms with E-state index in [0.717, 1.165) is 13.1 Å². The summed E-state index contributed by atoms with van der Waals surface area (Å²) in [7, 11) is 0. The molecule has 1 aromatic carbocycles. The molecule has 0 aromatic heterocycles. The van der Waals surface area contributed by atoms with Crippen LogP contribution in [0.3, 0.4) is 0 Å². The van der Waals surface area contributed by atoms with Crippen molar-refractivity contribution in [3.05, 3.63) is 29.8 Å². The molecule has 19 heavy (non-hydrogen) atoms. The minimum atomic E-state index is -0.237. The van der Waals surface area contributed by atoms with Crippen LogP contribution in [0.15, 0.2) is 24.3 Å². The van der Waals surface area contributed by atoms with Gasteiger partial charge in [0.05, 0.1) is 23.9 Å². The largest absolute Gasteiger partial charge is 0.393 e. The summed E-state index contributed by atoms with van der Waals surface area (Å²) in [6.45, 7) is 1.76. The topological polar surface area (TPSA) is 76.4 Å². The monoisotopic (exact) mass is 259 g/mol. The number of amides is 1. The zero-order valence-corrected chi connectivity index (χ0v) is 10.7. The van der Waals surface area contributed by atoms with Gasteiger partial charge in [-0.1, -0.05) is 12.1 Å². The Balaban J connectivity index is 1.89. The maximum atomic E-state index is 11.9. The number of para-hydroxylation sites is 1. The number of aliphatic hydroxyl groups is 1. The summed E-state index contributed by atoms with van der Waals surface area (Å²) in [5.74, 6) is -0.126. The zero-order valence-electron chi connectivity index (χ0n) is 10.7. The number of nitrogens with zero attached hydrogens (tertiary/aromatic N) is 2. The molecule has 1 aliphatic rings. The Bertz CT molecular complexity index is 488. The molecule has 1 heterocycles. The molecule has 0 atom stereocenters. The van der Waals surface area contributed by atoms with Crippen LogP contribution in [0.5, 0.6) is 0 Å². The van der Waals surface area contributed by atoms with E-state index in [-0.39, 0.29) is 12.0 Å². The van der Waals surface area contributed by atoms with Crippen LogP contribution in [0.2, 0.25) is 0 Å². The number of likely N-dealkylation sites (tertiary alicyclic amines) is 1. The summed E-state index contributed by atoms with van der Waals surface area (Å²) < 4.78 is 0.